The van der Waals surface area contributed by atoms with Gasteiger partial charge in [0.15, 0.2) is 0 Å². The molecule has 21 heavy (non-hydrogen) atoms. The average molecular weight is 302 g/mol. The van der Waals surface area contributed by atoms with Crippen LogP contribution >= 0.6 is 0 Å². The van der Waals surface area contributed by atoms with E-state index >= 15 is 0 Å². The lowest BCUT2D eigenvalue weighted by atomic mass is 10.0. The molecule has 0 spiro atoms. The summed E-state index contributed by atoms with van der Waals surface area (Å²) in [6.07, 6.45) is -0.251. The highest BCUT2D eigenvalue weighted by Crippen LogP contribution is 2.35. The van der Waals surface area contributed by atoms with E-state index in [0.717, 1.165) is 31.7 Å². The van der Waals surface area contributed by atoms with Crippen molar-refractivity contribution < 1.29 is 18.3 Å². The summed E-state index contributed by atoms with van der Waals surface area (Å²) >= 11 is 0. The maximum absolute atomic E-state index is 13.1. The number of nitrogens with two attached hydrogens (primary N) is 1. The molecule has 1 fully saturated rings. The molecule has 3 N–H and O–H groups in total. The summed E-state index contributed by atoms with van der Waals surface area (Å²) in [6, 6.07) is 4.19. The van der Waals surface area contributed by atoms with E-state index in [1.165, 1.54) is 12.1 Å². The lowest BCUT2D eigenvalue weighted by Gasteiger charge is -2.29. The molecular weight excluding hydrogens is 281 g/mol. The molecule has 0 bridgehead atoms. The van der Waals surface area contributed by atoms with Crippen molar-refractivity contribution in [3.05, 3.63) is 29.3 Å². The molecule has 0 saturated heterocycles. The molecule has 0 amide bonds. The Labute approximate surface area is 122 Å². The highest BCUT2D eigenvalue weighted by atomic mass is 19.4. The van der Waals surface area contributed by atoms with E-state index in [-0.39, 0.29) is 30.4 Å². The van der Waals surface area contributed by atoms with Crippen LogP contribution in [0.15, 0.2) is 18.2 Å². The van der Waals surface area contributed by atoms with Gasteiger partial charge in [0.25, 0.3) is 0 Å². The first-order chi connectivity index (χ1) is 9.91. The molecule has 0 aromatic heterocycles. The van der Waals surface area contributed by atoms with Gasteiger partial charge in [-0.15, -0.1) is 0 Å². The Morgan fingerprint density at radius 1 is 1.24 bits per heavy atom. The fourth-order valence-electron chi connectivity index (χ4n) is 3.00. The largest absolute Gasteiger partial charge is 0.416 e. The van der Waals surface area contributed by atoms with Gasteiger partial charge in [-0.1, -0.05) is 18.9 Å². The van der Waals surface area contributed by atoms with Gasteiger partial charge in [0.2, 0.25) is 0 Å². The maximum Gasteiger partial charge on any atom is 0.416 e. The molecule has 0 heterocycles. The second-order valence-corrected chi connectivity index (χ2v) is 5.55. The van der Waals surface area contributed by atoms with Crippen LogP contribution in [0, 0.1) is 0 Å². The molecular formula is C15H21F3N2O. The van der Waals surface area contributed by atoms with Gasteiger partial charge in [-0.2, -0.15) is 13.2 Å². The summed E-state index contributed by atoms with van der Waals surface area (Å²) in [5, 5.41) is 9.16. The van der Waals surface area contributed by atoms with Gasteiger partial charge in [-0.05, 0) is 30.5 Å². The van der Waals surface area contributed by atoms with E-state index in [1.54, 1.807) is 0 Å². The highest BCUT2D eigenvalue weighted by Gasteiger charge is 2.34. The first-order valence-corrected chi connectivity index (χ1v) is 7.22. The molecule has 0 atom stereocenters. The smallest absolute Gasteiger partial charge is 0.399 e. The summed E-state index contributed by atoms with van der Waals surface area (Å²) in [6.45, 7) is 0.541. The summed E-state index contributed by atoms with van der Waals surface area (Å²) in [5.41, 5.74) is 5.14. The first-order valence-electron chi connectivity index (χ1n) is 7.22. The quantitative estimate of drug-likeness (QED) is 0.822. The fourth-order valence-corrected chi connectivity index (χ4v) is 3.00. The molecule has 0 unspecified atom stereocenters. The van der Waals surface area contributed by atoms with Gasteiger partial charge in [0.05, 0.1) is 12.2 Å². The molecule has 1 aromatic rings. The minimum absolute atomic E-state index is 0.0488. The molecule has 1 saturated carbocycles. The van der Waals surface area contributed by atoms with Crippen molar-refractivity contribution >= 4 is 5.69 Å². The van der Waals surface area contributed by atoms with Crippen molar-refractivity contribution in [3.63, 3.8) is 0 Å². The van der Waals surface area contributed by atoms with Gasteiger partial charge in [-0.25, -0.2) is 0 Å². The van der Waals surface area contributed by atoms with Crippen LogP contribution in [0.25, 0.3) is 0 Å². The molecule has 1 aromatic carbocycles. The number of benzene rings is 1. The Balaban J connectivity index is 2.23. The molecule has 1 aliphatic rings. The van der Waals surface area contributed by atoms with Crippen molar-refractivity contribution in [2.24, 2.45) is 0 Å². The van der Waals surface area contributed by atoms with E-state index in [1.807, 2.05) is 4.90 Å². The number of aliphatic hydroxyl groups excluding tert-OH is 1. The normalized spacial score (nSPS) is 16.8. The number of halogens is 3. The Morgan fingerprint density at radius 3 is 2.48 bits per heavy atom. The lowest BCUT2D eigenvalue weighted by Crippen LogP contribution is -2.35. The predicted molar refractivity (Wildman–Crippen MR) is 75.6 cm³/mol. The number of nitrogen functional groups attached to an aromatic ring is 1. The average Bonchev–Trinajstić information content (AvgIpc) is 2.93. The van der Waals surface area contributed by atoms with Crippen LogP contribution in [0.2, 0.25) is 0 Å². The van der Waals surface area contributed by atoms with E-state index < -0.39 is 11.7 Å². The van der Waals surface area contributed by atoms with Crippen molar-refractivity contribution in [1.29, 1.82) is 0 Å². The zero-order valence-electron chi connectivity index (χ0n) is 11.9. The monoisotopic (exact) mass is 302 g/mol. The predicted octanol–water partition coefficient (Wildman–Crippen LogP) is 3.02. The molecule has 3 nitrogen and oxygen atoms in total. The van der Waals surface area contributed by atoms with Crippen molar-refractivity contribution in [2.45, 2.75) is 44.4 Å². The minimum Gasteiger partial charge on any atom is -0.399 e. The Morgan fingerprint density at radius 2 is 1.90 bits per heavy atom. The third kappa shape index (κ3) is 4.11. The first kappa shape index (κ1) is 16.1. The number of hydrogen-bond donors (Lipinski definition) is 2. The molecule has 0 radical (unpaired) electrons. The third-order valence-corrected chi connectivity index (χ3v) is 4.04. The van der Waals surface area contributed by atoms with Crippen molar-refractivity contribution in [1.82, 2.24) is 4.90 Å². The molecule has 118 valence electrons. The van der Waals surface area contributed by atoms with Crippen LogP contribution in [0.3, 0.4) is 0 Å². The highest BCUT2D eigenvalue weighted by molar-refractivity contribution is 5.46. The number of nitrogens with zero attached hydrogens (tertiary/aromatic N) is 1. The lowest BCUT2D eigenvalue weighted by molar-refractivity contribution is -0.138. The van der Waals surface area contributed by atoms with Crippen molar-refractivity contribution in [2.75, 3.05) is 18.9 Å². The third-order valence-electron chi connectivity index (χ3n) is 4.04. The van der Waals surface area contributed by atoms with E-state index in [4.69, 9.17) is 10.8 Å². The SMILES string of the molecule is Nc1ccc(CN(CCO)C2CCCC2)c(C(F)(F)F)c1. The molecule has 2 rings (SSSR count). The van der Waals surface area contributed by atoms with E-state index in [9.17, 15) is 13.2 Å². The van der Waals surface area contributed by atoms with Crippen LogP contribution < -0.4 is 5.73 Å². The number of rotatable bonds is 5. The van der Waals surface area contributed by atoms with Gasteiger partial charge in [0.1, 0.15) is 0 Å². The van der Waals surface area contributed by atoms with E-state index in [0.29, 0.717) is 6.54 Å². The van der Waals surface area contributed by atoms with Crippen LogP contribution in [0.4, 0.5) is 18.9 Å². The number of anilines is 1. The van der Waals surface area contributed by atoms with Crippen LogP contribution in [0.1, 0.15) is 36.8 Å². The fraction of sp³-hybridized carbons (Fsp3) is 0.600. The van der Waals surface area contributed by atoms with Crippen molar-refractivity contribution in [3.8, 4) is 0 Å². The summed E-state index contributed by atoms with van der Waals surface area (Å²) in [4.78, 5) is 1.95. The molecule has 6 heteroatoms. The summed E-state index contributed by atoms with van der Waals surface area (Å²) in [5.74, 6) is 0. The van der Waals surface area contributed by atoms with Gasteiger partial charge in [-0.3, -0.25) is 4.90 Å². The topological polar surface area (TPSA) is 49.5 Å². The zero-order chi connectivity index (χ0) is 15.5. The Hall–Kier alpha value is -1.27. The molecule has 1 aliphatic carbocycles. The number of alkyl halides is 3. The maximum atomic E-state index is 13.1. The number of hydrogen-bond acceptors (Lipinski definition) is 3. The zero-order valence-corrected chi connectivity index (χ0v) is 11.9. The second-order valence-electron chi connectivity index (χ2n) is 5.55. The molecule has 0 aliphatic heterocycles. The summed E-state index contributed by atoms with van der Waals surface area (Å²) in [7, 11) is 0. The van der Waals surface area contributed by atoms with Gasteiger partial charge in [0, 0.05) is 24.8 Å². The minimum atomic E-state index is -4.41. The standard InChI is InChI=1S/C15H21F3N2O/c16-15(17,18)14-9-12(19)6-5-11(14)10-20(7-8-21)13-3-1-2-4-13/h5-6,9,13,21H,1-4,7-8,10,19H2. The Bertz CT molecular complexity index is 470. The Kier molecular flexibility index (Phi) is 5.11. The van der Waals surface area contributed by atoms with E-state index in [2.05, 4.69) is 0 Å². The number of aliphatic hydroxyl groups is 1. The second kappa shape index (κ2) is 6.66. The van der Waals surface area contributed by atoms with Crippen LogP contribution in [0.5, 0.6) is 0 Å². The van der Waals surface area contributed by atoms with Gasteiger partial charge >= 0.3 is 6.18 Å². The summed E-state index contributed by atoms with van der Waals surface area (Å²) < 4.78 is 39.4. The van der Waals surface area contributed by atoms with Crippen LogP contribution in [-0.4, -0.2) is 29.2 Å². The van der Waals surface area contributed by atoms with Gasteiger partial charge < -0.3 is 10.8 Å². The van der Waals surface area contributed by atoms with Crippen LogP contribution in [-0.2, 0) is 12.7 Å².